The van der Waals surface area contributed by atoms with Gasteiger partial charge in [-0.2, -0.15) is 0 Å². The molecule has 0 radical (unpaired) electrons. The van der Waals surface area contributed by atoms with Crippen LogP contribution in [-0.2, 0) is 0 Å². The molecule has 3 N–H and O–H groups in total. The molecule has 1 aromatic rings. The van der Waals surface area contributed by atoms with Gasteiger partial charge in [-0.15, -0.1) is 0 Å². The number of likely N-dealkylation sites (tertiary alicyclic amines) is 1. The molecule has 2 atom stereocenters. The van der Waals surface area contributed by atoms with Crippen LogP contribution in [0.2, 0.25) is 0 Å². The highest BCUT2D eigenvalue weighted by atomic mass is 16.3. The van der Waals surface area contributed by atoms with Gasteiger partial charge in [-0.25, -0.2) is 0 Å². The lowest BCUT2D eigenvalue weighted by molar-refractivity contribution is 0.173. The molecule has 1 saturated heterocycles. The van der Waals surface area contributed by atoms with Crippen molar-refractivity contribution >= 4 is 0 Å². The maximum Gasteiger partial charge on any atom is 0.115 e. The van der Waals surface area contributed by atoms with Gasteiger partial charge < -0.3 is 15.5 Å². The van der Waals surface area contributed by atoms with Crippen molar-refractivity contribution in [1.29, 1.82) is 0 Å². The number of nitrogens with one attached hydrogen (secondary N) is 1. The third-order valence-electron chi connectivity index (χ3n) is 3.33. The van der Waals surface area contributed by atoms with Crippen LogP contribution in [0.1, 0.15) is 18.0 Å². The standard InChI is InChI=1S/C13H20N2O2/c1-14-13(9-15-7-6-12(17)8-15)10-2-4-11(16)5-3-10/h2-5,12-14,16-17H,6-9H2,1H3/t12-,13+/m0/s1. The molecule has 1 aromatic carbocycles. The zero-order chi connectivity index (χ0) is 12.3. The molecule has 4 nitrogen and oxygen atoms in total. The number of nitrogens with zero attached hydrogens (tertiary/aromatic N) is 1. The van der Waals surface area contributed by atoms with E-state index in [2.05, 4.69) is 10.2 Å². The number of aromatic hydroxyl groups is 1. The number of phenolic OH excluding ortho intramolecular Hbond substituents is 1. The predicted octanol–water partition coefficient (Wildman–Crippen LogP) is 0.719. The summed E-state index contributed by atoms with van der Waals surface area (Å²) in [5.41, 5.74) is 1.16. The summed E-state index contributed by atoms with van der Waals surface area (Å²) < 4.78 is 0. The van der Waals surface area contributed by atoms with Crippen molar-refractivity contribution in [3.8, 4) is 5.75 Å². The number of benzene rings is 1. The second kappa shape index (κ2) is 5.49. The first-order valence-electron chi connectivity index (χ1n) is 6.05. The first-order chi connectivity index (χ1) is 8.19. The summed E-state index contributed by atoms with van der Waals surface area (Å²) in [6.45, 7) is 2.60. The zero-order valence-corrected chi connectivity index (χ0v) is 10.1. The lowest BCUT2D eigenvalue weighted by atomic mass is 10.1. The molecule has 1 fully saturated rings. The number of phenols is 1. The first kappa shape index (κ1) is 12.4. The molecule has 0 amide bonds. The Bertz CT molecular complexity index is 353. The van der Waals surface area contributed by atoms with Gasteiger partial charge in [-0.1, -0.05) is 12.1 Å². The fourth-order valence-corrected chi connectivity index (χ4v) is 2.31. The van der Waals surface area contributed by atoms with E-state index in [9.17, 15) is 10.2 Å². The van der Waals surface area contributed by atoms with E-state index in [-0.39, 0.29) is 12.1 Å². The summed E-state index contributed by atoms with van der Waals surface area (Å²) in [5, 5.41) is 22.0. The second-order valence-corrected chi connectivity index (χ2v) is 4.63. The fourth-order valence-electron chi connectivity index (χ4n) is 2.31. The SMILES string of the molecule is CN[C@H](CN1CC[C@H](O)C1)c1ccc(O)cc1. The van der Waals surface area contributed by atoms with Crippen molar-refractivity contribution in [2.75, 3.05) is 26.7 Å². The van der Waals surface area contributed by atoms with Crippen LogP contribution in [0.4, 0.5) is 0 Å². The minimum Gasteiger partial charge on any atom is -0.508 e. The summed E-state index contributed by atoms with van der Waals surface area (Å²) in [6, 6.07) is 7.52. The number of aliphatic hydroxyl groups is 1. The van der Waals surface area contributed by atoms with E-state index in [1.54, 1.807) is 12.1 Å². The van der Waals surface area contributed by atoms with Crippen molar-refractivity contribution in [1.82, 2.24) is 10.2 Å². The number of rotatable bonds is 4. The van der Waals surface area contributed by atoms with Crippen molar-refractivity contribution < 1.29 is 10.2 Å². The largest absolute Gasteiger partial charge is 0.508 e. The normalized spacial score (nSPS) is 22.8. The molecule has 0 unspecified atom stereocenters. The number of hydrogen-bond donors (Lipinski definition) is 3. The highest BCUT2D eigenvalue weighted by Crippen LogP contribution is 2.19. The van der Waals surface area contributed by atoms with Gasteiger partial charge in [0, 0.05) is 25.7 Å². The summed E-state index contributed by atoms with van der Waals surface area (Å²) in [6.07, 6.45) is 0.693. The minimum absolute atomic E-state index is 0.174. The predicted molar refractivity (Wildman–Crippen MR) is 67.0 cm³/mol. The molecule has 0 spiro atoms. The lowest BCUT2D eigenvalue weighted by Crippen LogP contribution is -2.32. The lowest BCUT2D eigenvalue weighted by Gasteiger charge is -2.23. The molecular formula is C13H20N2O2. The van der Waals surface area contributed by atoms with Crippen molar-refractivity contribution in [3.63, 3.8) is 0 Å². The monoisotopic (exact) mass is 236 g/mol. The molecule has 0 aromatic heterocycles. The molecule has 17 heavy (non-hydrogen) atoms. The Balaban J connectivity index is 1.98. The quantitative estimate of drug-likeness (QED) is 0.721. The molecule has 1 heterocycles. The molecule has 0 bridgehead atoms. The average Bonchev–Trinajstić information content (AvgIpc) is 2.73. The van der Waals surface area contributed by atoms with Crippen LogP contribution in [0.15, 0.2) is 24.3 Å². The summed E-state index contributed by atoms with van der Waals surface area (Å²) in [7, 11) is 1.93. The number of β-amino-alcohol motifs (C(OH)–C–C–N with tert-alkyl or cyclic N) is 1. The van der Waals surface area contributed by atoms with Crippen LogP contribution in [0.3, 0.4) is 0 Å². The van der Waals surface area contributed by atoms with Gasteiger partial charge in [0.25, 0.3) is 0 Å². The highest BCUT2D eigenvalue weighted by molar-refractivity contribution is 5.28. The Morgan fingerprint density at radius 2 is 2.12 bits per heavy atom. The highest BCUT2D eigenvalue weighted by Gasteiger charge is 2.22. The Hall–Kier alpha value is -1.10. The van der Waals surface area contributed by atoms with E-state index in [0.717, 1.165) is 31.6 Å². The molecule has 4 heteroatoms. The van der Waals surface area contributed by atoms with Crippen LogP contribution < -0.4 is 5.32 Å². The van der Waals surface area contributed by atoms with Gasteiger partial charge >= 0.3 is 0 Å². The zero-order valence-electron chi connectivity index (χ0n) is 10.1. The number of hydrogen-bond acceptors (Lipinski definition) is 4. The summed E-state index contributed by atoms with van der Waals surface area (Å²) >= 11 is 0. The molecule has 0 saturated carbocycles. The van der Waals surface area contributed by atoms with E-state index in [0.29, 0.717) is 5.75 Å². The third kappa shape index (κ3) is 3.19. The van der Waals surface area contributed by atoms with Gasteiger partial charge in [-0.3, -0.25) is 4.90 Å². The van der Waals surface area contributed by atoms with Gasteiger partial charge in [0.05, 0.1) is 6.10 Å². The van der Waals surface area contributed by atoms with E-state index in [1.165, 1.54) is 0 Å². The Morgan fingerprint density at radius 1 is 1.41 bits per heavy atom. The van der Waals surface area contributed by atoms with E-state index in [1.807, 2.05) is 19.2 Å². The van der Waals surface area contributed by atoms with Crippen molar-refractivity contribution in [3.05, 3.63) is 29.8 Å². The maximum atomic E-state index is 9.50. The van der Waals surface area contributed by atoms with E-state index >= 15 is 0 Å². The molecule has 94 valence electrons. The van der Waals surface area contributed by atoms with Gasteiger partial charge in [-0.05, 0) is 31.2 Å². The van der Waals surface area contributed by atoms with Gasteiger partial charge in [0.15, 0.2) is 0 Å². The van der Waals surface area contributed by atoms with Crippen LogP contribution in [0.5, 0.6) is 5.75 Å². The fraction of sp³-hybridized carbons (Fsp3) is 0.538. The topological polar surface area (TPSA) is 55.7 Å². The van der Waals surface area contributed by atoms with Gasteiger partial charge in [0.1, 0.15) is 5.75 Å². The number of aliphatic hydroxyl groups excluding tert-OH is 1. The molecule has 1 aliphatic heterocycles. The maximum absolute atomic E-state index is 9.50. The van der Waals surface area contributed by atoms with Crippen LogP contribution in [0, 0.1) is 0 Å². The summed E-state index contributed by atoms with van der Waals surface area (Å²) in [5.74, 6) is 0.292. The Kier molecular flexibility index (Phi) is 3.99. The molecule has 0 aliphatic carbocycles. The van der Waals surface area contributed by atoms with Crippen LogP contribution in [-0.4, -0.2) is 47.9 Å². The summed E-state index contributed by atoms with van der Waals surface area (Å²) in [4.78, 5) is 2.26. The van der Waals surface area contributed by atoms with Crippen molar-refractivity contribution in [2.45, 2.75) is 18.6 Å². The van der Waals surface area contributed by atoms with Crippen LogP contribution >= 0.6 is 0 Å². The molecule has 1 aliphatic rings. The minimum atomic E-state index is -0.174. The number of likely N-dealkylation sites (N-methyl/N-ethyl adjacent to an activating group) is 1. The smallest absolute Gasteiger partial charge is 0.115 e. The van der Waals surface area contributed by atoms with Crippen LogP contribution in [0.25, 0.3) is 0 Å². The Morgan fingerprint density at radius 3 is 2.65 bits per heavy atom. The average molecular weight is 236 g/mol. The van der Waals surface area contributed by atoms with E-state index < -0.39 is 0 Å². The third-order valence-corrected chi connectivity index (χ3v) is 3.33. The first-order valence-corrected chi connectivity index (χ1v) is 6.05. The molecule has 2 rings (SSSR count). The molecular weight excluding hydrogens is 216 g/mol. The van der Waals surface area contributed by atoms with E-state index in [4.69, 9.17) is 0 Å². The second-order valence-electron chi connectivity index (χ2n) is 4.63. The van der Waals surface area contributed by atoms with Gasteiger partial charge in [0.2, 0.25) is 0 Å². The Labute approximate surface area is 102 Å². The van der Waals surface area contributed by atoms with Crippen molar-refractivity contribution in [2.24, 2.45) is 0 Å².